The molecule has 2 N–H and O–H groups in total. The van der Waals surface area contributed by atoms with Crippen LogP contribution in [0.2, 0.25) is 0 Å². The van der Waals surface area contributed by atoms with Crippen molar-refractivity contribution in [1.29, 1.82) is 0 Å². The molecule has 0 aliphatic carbocycles. The smallest absolute Gasteiger partial charge is 0.240 e. The minimum Gasteiger partial charge on any atom is -0.466 e. The predicted octanol–water partition coefficient (Wildman–Crippen LogP) is 2.56. The van der Waals surface area contributed by atoms with Crippen LogP contribution in [0.25, 0.3) is 0 Å². The zero-order chi connectivity index (χ0) is 16.3. The highest BCUT2D eigenvalue weighted by atomic mass is 32.2. The number of furan rings is 1. The molecule has 0 bridgehead atoms. The van der Waals surface area contributed by atoms with Crippen molar-refractivity contribution >= 4 is 21.4 Å². The van der Waals surface area contributed by atoms with Crippen LogP contribution in [0, 0.1) is 0 Å². The second kappa shape index (κ2) is 6.29. The molecule has 7 heteroatoms. The molecule has 0 radical (unpaired) electrons. The molecular weight excluding hydrogens is 334 g/mol. The summed E-state index contributed by atoms with van der Waals surface area (Å²) in [4.78, 5) is 0.145. The molecule has 3 aromatic rings. The minimum absolute atomic E-state index is 0.145. The number of hydrogen-bond acceptors (Lipinski definition) is 5. The zero-order valence-corrected chi connectivity index (χ0v) is 13.7. The van der Waals surface area contributed by atoms with E-state index in [2.05, 4.69) is 4.72 Å². The molecule has 1 atom stereocenters. The third-order valence-electron chi connectivity index (χ3n) is 3.50. The van der Waals surface area contributed by atoms with Crippen LogP contribution in [-0.2, 0) is 15.6 Å². The normalized spacial score (nSPS) is 14.5. The number of rotatable bonds is 6. The number of sulfonamides is 1. The van der Waals surface area contributed by atoms with Gasteiger partial charge in [0.05, 0.1) is 17.7 Å². The van der Waals surface area contributed by atoms with Gasteiger partial charge in [0, 0.05) is 5.56 Å². The summed E-state index contributed by atoms with van der Waals surface area (Å²) in [6, 6.07) is 13.0. The summed E-state index contributed by atoms with van der Waals surface area (Å²) in [7, 11) is -3.72. The molecule has 1 unspecified atom stereocenters. The van der Waals surface area contributed by atoms with Crippen LogP contribution >= 0.6 is 11.3 Å². The third-order valence-corrected chi connectivity index (χ3v) is 5.60. The average molecular weight is 349 g/mol. The Morgan fingerprint density at radius 2 is 1.91 bits per heavy atom. The first-order valence-corrected chi connectivity index (χ1v) is 9.29. The zero-order valence-electron chi connectivity index (χ0n) is 12.0. The number of aliphatic hydroxyl groups is 1. The third kappa shape index (κ3) is 3.23. The van der Waals surface area contributed by atoms with E-state index in [4.69, 9.17) is 4.42 Å². The summed E-state index contributed by atoms with van der Waals surface area (Å²) >= 11 is 1.41. The van der Waals surface area contributed by atoms with Gasteiger partial charge < -0.3 is 9.52 Å². The van der Waals surface area contributed by atoms with Crippen LogP contribution in [0.1, 0.15) is 11.3 Å². The molecule has 23 heavy (non-hydrogen) atoms. The first-order valence-electron chi connectivity index (χ1n) is 6.86. The quantitative estimate of drug-likeness (QED) is 0.717. The van der Waals surface area contributed by atoms with Crippen molar-refractivity contribution in [3.63, 3.8) is 0 Å². The highest BCUT2D eigenvalue weighted by Crippen LogP contribution is 2.31. The van der Waals surface area contributed by atoms with Crippen LogP contribution in [0.3, 0.4) is 0 Å². The van der Waals surface area contributed by atoms with Crippen LogP contribution in [0.15, 0.2) is 74.9 Å². The summed E-state index contributed by atoms with van der Waals surface area (Å²) in [5.41, 5.74) is -0.987. The lowest BCUT2D eigenvalue weighted by atomic mass is 9.94. The summed E-state index contributed by atoms with van der Waals surface area (Å²) in [6.45, 7) is -0.228. The fourth-order valence-electron chi connectivity index (χ4n) is 2.23. The molecule has 2 aromatic heterocycles. The van der Waals surface area contributed by atoms with E-state index in [1.807, 2.05) is 5.38 Å². The Morgan fingerprint density at radius 1 is 1.13 bits per heavy atom. The maximum atomic E-state index is 12.4. The van der Waals surface area contributed by atoms with Crippen molar-refractivity contribution in [1.82, 2.24) is 4.72 Å². The van der Waals surface area contributed by atoms with Crippen molar-refractivity contribution < 1.29 is 17.9 Å². The van der Waals surface area contributed by atoms with Gasteiger partial charge in [0.15, 0.2) is 5.60 Å². The molecular formula is C16H15NO4S2. The SMILES string of the molecule is O=S(=O)(NCC(O)(c1ccsc1)c1ccco1)c1ccccc1. The van der Waals surface area contributed by atoms with E-state index in [9.17, 15) is 13.5 Å². The van der Waals surface area contributed by atoms with Crippen LogP contribution in [0.4, 0.5) is 0 Å². The molecule has 0 aliphatic heterocycles. The highest BCUT2D eigenvalue weighted by molar-refractivity contribution is 7.89. The van der Waals surface area contributed by atoms with E-state index < -0.39 is 15.6 Å². The summed E-state index contributed by atoms with van der Waals surface area (Å²) in [6.07, 6.45) is 1.44. The molecule has 5 nitrogen and oxygen atoms in total. The molecule has 0 saturated heterocycles. The Hall–Kier alpha value is -1.93. The second-order valence-electron chi connectivity index (χ2n) is 4.99. The number of thiophene rings is 1. The Kier molecular flexibility index (Phi) is 4.36. The Balaban J connectivity index is 1.89. The molecule has 2 heterocycles. The number of benzene rings is 1. The topological polar surface area (TPSA) is 79.5 Å². The number of hydrogen-bond donors (Lipinski definition) is 2. The van der Waals surface area contributed by atoms with Crippen molar-refractivity contribution in [3.05, 3.63) is 76.9 Å². The molecule has 0 spiro atoms. The lowest BCUT2D eigenvalue weighted by molar-refractivity contribution is 0.0623. The van der Waals surface area contributed by atoms with Gasteiger partial charge in [0.2, 0.25) is 10.0 Å². The van der Waals surface area contributed by atoms with E-state index in [-0.39, 0.29) is 17.2 Å². The van der Waals surface area contributed by atoms with Gasteiger partial charge in [-0.1, -0.05) is 18.2 Å². The van der Waals surface area contributed by atoms with Crippen molar-refractivity contribution in [2.75, 3.05) is 6.54 Å². The predicted molar refractivity (Wildman–Crippen MR) is 87.7 cm³/mol. The fraction of sp³-hybridized carbons (Fsp3) is 0.125. The Labute approximate surface area is 138 Å². The molecule has 1 aromatic carbocycles. The van der Waals surface area contributed by atoms with Gasteiger partial charge in [-0.15, -0.1) is 0 Å². The average Bonchev–Trinajstić information content (AvgIpc) is 3.27. The minimum atomic E-state index is -3.72. The maximum Gasteiger partial charge on any atom is 0.240 e. The molecule has 0 amide bonds. The van der Waals surface area contributed by atoms with E-state index in [0.717, 1.165) is 0 Å². The largest absolute Gasteiger partial charge is 0.466 e. The Bertz CT molecular complexity index is 807. The van der Waals surface area contributed by atoms with Gasteiger partial charge >= 0.3 is 0 Å². The highest BCUT2D eigenvalue weighted by Gasteiger charge is 2.36. The standard InChI is InChI=1S/C16H15NO4S2/c18-16(13-8-10-22-11-13,15-7-4-9-21-15)12-17-23(19,20)14-5-2-1-3-6-14/h1-11,17-18H,12H2. The first kappa shape index (κ1) is 15.9. The molecule has 3 rings (SSSR count). The van der Waals surface area contributed by atoms with Crippen LogP contribution in [-0.4, -0.2) is 20.1 Å². The molecule has 0 fully saturated rings. The molecule has 0 aliphatic rings. The first-order chi connectivity index (χ1) is 11.0. The number of nitrogens with one attached hydrogen (secondary N) is 1. The van der Waals surface area contributed by atoms with Crippen LogP contribution in [0.5, 0.6) is 0 Å². The second-order valence-corrected chi connectivity index (χ2v) is 7.53. The molecule has 120 valence electrons. The van der Waals surface area contributed by atoms with Gasteiger partial charge in [-0.3, -0.25) is 0 Å². The van der Waals surface area contributed by atoms with Crippen molar-refractivity contribution in [3.8, 4) is 0 Å². The van der Waals surface area contributed by atoms with E-state index in [1.165, 1.54) is 29.7 Å². The van der Waals surface area contributed by atoms with Crippen molar-refractivity contribution in [2.24, 2.45) is 0 Å². The van der Waals surface area contributed by atoms with E-state index >= 15 is 0 Å². The monoisotopic (exact) mass is 349 g/mol. The van der Waals surface area contributed by atoms with Crippen LogP contribution < -0.4 is 4.72 Å². The van der Waals surface area contributed by atoms with Gasteiger partial charge in [-0.25, -0.2) is 13.1 Å². The van der Waals surface area contributed by atoms with Gasteiger partial charge in [-0.05, 0) is 41.1 Å². The van der Waals surface area contributed by atoms with E-state index in [0.29, 0.717) is 5.56 Å². The summed E-state index contributed by atoms with van der Waals surface area (Å²) in [5.74, 6) is 0.284. The van der Waals surface area contributed by atoms with Gasteiger partial charge in [-0.2, -0.15) is 11.3 Å². The van der Waals surface area contributed by atoms with Gasteiger partial charge in [0.25, 0.3) is 0 Å². The lowest BCUT2D eigenvalue weighted by Crippen LogP contribution is -2.41. The van der Waals surface area contributed by atoms with Gasteiger partial charge in [0.1, 0.15) is 5.76 Å². The lowest BCUT2D eigenvalue weighted by Gasteiger charge is -2.25. The van der Waals surface area contributed by atoms with Crippen molar-refractivity contribution in [2.45, 2.75) is 10.5 Å². The maximum absolute atomic E-state index is 12.4. The summed E-state index contributed by atoms with van der Waals surface area (Å²) < 4.78 is 32.5. The fourth-order valence-corrected chi connectivity index (χ4v) is 4.03. The molecule has 0 saturated carbocycles. The van der Waals surface area contributed by atoms with E-state index in [1.54, 1.807) is 41.8 Å². The Morgan fingerprint density at radius 3 is 2.52 bits per heavy atom. The summed E-state index contributed by atoms with van der Waals surface area (Å²) in [5, 5.41) is 14.6.